The van der Waals surface area contributed by atoms with Crippen LogP contribution in [0.25, 0.3) is 6.08 Å². The van der Waals surface area contributed by atoms with Crippen molar-refractivity contribution in [2.24, 2.45) is 0 Å². The van der Waals surface area contributed by atoms with Gasteiger partial charge in [0.05, 0.1) is 0 Å². The van der Waals surface area contributed by atoms with Crippen molar-refractivity contribution in [2.45, 2.75) is 0 Å². The summed E-state index contributed by atoms with van der Waals surface area (Å²) >= 11 is 0. The van der Waals surface area contributed by atoms with E-state index >= 15 is 0 Å². The molecule has 0 aliphatic rings. The van der Waals surface area contributed by atoms with Gasteiger partial charge in [-0.15, -0.1) is 0 Å². The topological polar surface area (TPSA) is 43.1 Å². The van der Waals surface area contributed by atoms with E-state index in [9.17, 15) is 4.79 Å². The molecule has 0 bridgehead atoms. The van der Waals surface area contributed by atoms with Crippen LogP contribution < -0.4 is 5.73 Å². The molecule has 0 radical (unpaired) electrons. The zero-order valence-corrected chi connectivity index (χ0v) is 6.08. The lowest BCUT2D eigenvalue weighted by molar-refractivity contribution is 0.112. The van der Waals surface area contributed by atoms with Crippen LogP contribution >= 0.6 is 0 Å². The lowest BCUT2D eigenvalue weighted by Gasteiger charge is -1.98. The minimum absolute atomic E-state index is 0.588. The van der Waals surface area contributed by atoms with E-state index < -0.39 is 0 Å². The molecule has 0 amide bonds. The average molecular weight is 147 g/mol. The largest absolute Gasteiger partial charge is 0.398 e. The summed E-state index contributed by atoms with van der Waals surface area (Å²) in [5.74, 6) is 0. The molecule has 2 heteroatoms. The molecule has 0 saturated heterocycles. The van der Waals surface area contributed by atoms with Crippen molar-refractivity contribution in [3.8, 4) is 0 Å². The molecule has 1 aromatic rings. The highest BCUT2D eigenvalue weighted by molar-refractivity contribution is 5.79. The van der Waals surface area contributed by atoms with Crippen molar-refractivity contribution >= 4 is 18.0 Å². The number of rotatable bonds is 2. The van der Waals surface area contributed by atoms with E-state index in [4.69, 9.17) is 5.73 Å². The normalized spacial score (nSPS) is 9.09. The average Bonchev–Trinajstić information content (AvgIpc) is 2.04. The number of hydrogen-bond acceptors (Lipinski definition) is 2. The van der Waals surface area contributed by atoms with Crippen LogP contribution in [0, 0.1) is 0 Å². The molecule has 11 heavy (non-hydrogen) atoms. The van der Waals surface area contributed by atoms with Crippen molar-refractivity contribution in [1.82, 2.24) is 0 Å². The highest BCUT2D eigenvalue weighted by Crippen LogP contribution is 2.13. The van der Waals surface area contributed by atoms with Crippen LogP contribution in [0.5, 0.6) is 0 Å². The van der Waals surface area contributed by atoms with Gasteiger partial charge in [0.1, 0.15) is 6.29 Å². The van der Waals surface area contributed by atoms with Crippen LogP contribution in [0.1, 0.15) is 15.9 Å². The fourth-order valence-corrected chi connectivity index (χ4v) is 0.852. The number of nitrogens with two attached hydrogens (primary N) is 1. The lowest BCUT2D eigenvalue weighted by atomic mass is 10.1. The van der Waals surface area contributed by atoms with Crippen LogP contribution in [0.3, 0.4) is 0 Å². The Morgan fingerprint density at radius 2 is 2.18 bits per heavy atom. The number of anilines is 1. The summed E-state index contributed by atoms with van der Waals surface area (Å²) in [5.41, 5.74) is 7.61. The van der Waals surface area contributed by atoms with Gasteiger partial charge in [-0.1, -0.05) is 24.8 Å². The minimum Gasteiger partial charge on any atom is -0.398 e. The Hall–Kier alpha value is -1.57. The fourth-order valence-electron chi connectivity index (χ4n) is 0.852. The summed E-state index contributed by atoms with van der Waals surface area (Å²) < 4.78 is 0. The van der Waals surface area contributed by atoms with Gasteiger partial charge < -0.3 is 5.73 Å². The van der Waals surface area contributed by atoms with Crippen LogP contribution in [-0.2, 0) is 0 Å². The van der Waals surface area contributed by atoms with Gasteiger partial charge in [-0.25, -0.2) is 0 Å². The first-order valence-corrected chi connectivity index (χ1v) is 3.25. The Morgan fingerprint density at radius 1 is 1.45 bits per heavy atom. The zero-order valence-electron chi connectivity index (χ0n) is 6.08. The van der Waals surface area contributed by atoms with Crippen molar-refractivity contribution in [3.05, 3.63) is 35.9 Å². The quantitative estimate of drug-likeness (QED) is 0.511. The Bertz CT molecular complexity index is 292. The molecule has 0 aromatic heterocycles. The third-order valence-corrected chi connectivity index (χ3v) is 1.47. The molecule has 1 rings (SSSR count). The Morgan fingerprint density at radius 3 is 2.64 bits per heavy atom. The second kappa shape index (κ2) is 3.01. The third kappa shape index (κ3) is 1.46. The first-order chi connectivity index (χ1) is 5.27. The van der Waals surface area contributed by atoms with Crippen LogP contribution in [0.15, 0.2) is 24.8 Å². The van der Waals surface area contributed by atoms with Gasteiger partial charge in [0, 0.05) is 11.3 Å². The van der Waals surface area contributed by atoms with E-state index in [1.807, 2.05) is 0 Å². The van der Waals surface area contributed by atoms with E-state index in [0.717, 1.165) is 11.8 Å². The van der Waals surface area contributed by atoms with Crippen LogP contribution in [0.2, 0.25) is 0 Å². The van der Waals surface area contributed by atoms with Gasteiger partial charge in [-0.3, -0.25) is 4.79 Å². The molecule has 56 valence electrons. The van der Waals surface area contributed by atoms with Crippen molar-refractivity contribution in [2.75, 3.05) is 5.73 Å². The van der Waals surface area contributed by atoms with Gasteiger partial charge in [0.25, 0.3) is 0 Å². The first-order valence-electron chi connectivity index (χ1n) is 3.25. The SMILES string of the molecule is C=Cc1ccc(C=O)cc1N. The number of aldehydes is 1. The van der Waals surface area contributed by atoms with E-state index in [1.165, 1.54) is 0 Å². The highest BCUT2D eigenvalue weighted by Gasteiger charge is 1.94. The Balaban J connectivity index is 3.18. The number of carbonyl (C=O) groups excluding carboxylic acids is 1. The summed E-state index contributed by atoms with van der Waals surface area (Å²) in [7, 11) is 0. The van der Waals surface area contributed by atoms with Crippen molar-refractivity contribution < 1.29 is 4.79 Å². The zero-order chi connectivity index (χ0) is 8.27. The number of carbonyl (C=O) groups is 1. The highest BCUT2D eigenvalue weighted by atomic mass is 16.1. The minimum atomic E-state index is 0.588. The van der Waals surface area contributed by atoms with Crippen molar-refractivity contribution in [3.63, 3.8) is 0 Å². The maximum atomic E-state index is 10.3. The monoisotopic (exact) mass is 147 g/mol. The van der Waals surface area contributed by atoms with E-state index in [-0.39, 0.29) is 0 Å². The van der Waals surface area contributed by atoms with Crippen LogP contribution in [-0.4, -0.2) is 6.29 Å². The van der Waals surface area contributed by atoms with E-state index in [2.05, 4.69) is 6.58 Å². The van der Waals surface area contributed by atoms with E-state index in [0.29, 0.717) is 11.3 Å². The summed E-state index contributed by atoms with van der Waals surface area (Å²) in [4.78, 5) is 10.3. The predicted molar refractivity (Wildman–Crippen MR) is 46.3 cm³/mol. The summed E-state index contributed by atoms with van der Waals surface area (Å²) in [5, 5.41) is 0. The first kappa shape index (κ1) is 7.54. The standard InChI is InChI=1S/C9H9NO/c1-2-8-4-3-7(6-11)5-9(8)10/h2-6H,1,10H2. The summed E-state index contributed by atoms with van der Waals surface area (Å²) in [6.45, 7) is 3.58. The van der Waals surface area contributed by atoms with Gasteiger partial charge in [-0.2, -0.15) is 0 Å². The fraction of sp³-hybridized carbons (Fsp3) is 0. The molecule has 1 aromatic carbocycles. The molecule has 0 saturated carbocycles. The lowest BCUT2D eigenvalue weighted by Crippen LogP contribution is -1.90. The van der Waals surface area contributed by atoms with Crippen molar-refractivity contribution in [1.29, 1.82) is 0 Å². The Kier molecular flexibility index (Phi) is 2.06. The molecule has 2 nitrogen and oxygen atoms in total. The molecular weight excluding hydrogens is 138 g/mol. The van der Waals surface area contributed by atoms with Gasteiger partial charge in [-0.05, 0) is 11.6 Å². The molecule has 0 heterocycles. The second-order valence-electron chi connectivity index (χ2n) is 2.21. The molecule has 0 aliphatic carbocycles. The van der Waals surface area contributed by atoms with Crippen LogP contribution in [0.4, 0.5) is 5.69 Å². The summed E-state index contributed by atoms with van der Waals surface area (Å²) in [6.07, 6.45) is 2.42. The second-order valence-corrected chi connectivity index (χ2v) is 2.21. The molecule has 2 N–H and O–H groups in total. The molecule has 0 fully saturated rings. The number of nitrogen functional groups attached to an aromatic ring is 1. The van der Waals surface area contributed by atoms with Gasteiger partial charge in [0.15, 0.2) is 0 Å². The molecule has 0 spiro atoms. The maximum absolute atomic E-state index is 10.3. The summed E-state index contributed by atoms with van der Waals surface area (Å²) in [6, 6.07) is 5.11. The molecule has 0 unspecified atom stereocenters. The molecular formula is C9H9NO. The van der Waals surface area contributed by atoms with E-state index in [1.54, 1.807) is 24.3 Å². The third-order valence-electron chi connectivity index (χ3n) is 1.47. The number of benzene rings is 1. The molecule has 0 atom stereocenters. The maximum Gasteiger partial charge on any atom is 0.150 e. The number of hydrogen-bond donors (Lipinski definition) is 1. The predicted octanol–water partition coefficient (Wildman–Crippen LogP) is 1.72. The Labute approximate surface area is 65.3 Å². The van der Waals surface area contributed by atoms with Gasteiger partial charge >= 0.3 is 0 Å². The molecule has 0 aliphatic heterocycles. The smallest absolute Gasteiger partial charge is 0.150 e. The van der Waals surface area contributed by atoms with Gasteiger partial charge in [0.2, 0.25) is 0 Å².